The number of aromatic nitrogens is 4. The maximum Gasteiger partial charge on any atom is 0.188 e. The molecule has 1 heterocycles. The van der Waals surface area contributed by atoms with Gasteiger partial charge in [-0.2, -0.15) is 0 Å². The van der Waals surface area contributed by atoms with Gasteiger partial charge in [-0.1, -0.05) is 25.8 Å². The Hall–Kier alpha value is -2.11. The van der Waals surface area contributed by atoms with Crippen LogP contribution in [-0.4, -0.2) is 27.3 Å². The van der Waals surface area contributed by atoms with Crippen LogP contribution in [0.25, 0.3) is 11.4 Å². The molecule has 0 radical (unpaired) electrons. The molecular weight excluding hydrogens is 266 g/mol. The van der Waals surface area contributed by atoms with Crippen LogP contribution in [-0.2, 0) is 0 Å². The van der Waals surface area contributed by atoms with Gasteiger partial charge in [0.15, 0.2) is 5.82 Å². The fourth-order valence-electron chi connectivity index (χ4n) is 3.19. The number of tetrazole rings is 1. The van der Waals surface area contributed by atoms with E-state index >= 15 is 0 Å². The van der Waals surface area contributed by atoms with Crippen LogP contribution in [0.15, 0.2) is 18.2 Å². The molecule has 1 saturated carbocycles. The highest BCUT2D eigenvalue weighted by Gasteiger charge is 2.26. The van der Waals surface area contributed by atoms with Gasteiger partial charge in [-0.15, -0.1) is 5.10 Å². The predicted molar refractivity (Wildman–Crippen MR) is 80.9 cm³/mol. The number of hydrogen-bond acceptors (Lipinski definition) is 5. The first kappa shape index (κ1) is 13.9. The van der Waals surface area contributed by atoms with Gasteiger partial charge in [0.2, 0.25) is 0 Å². The van der Waals surface area contributed by atoms with Crippen LogP contribution in [0.4, 0.5) is 5.69 Å². The van der Waals surface area contributed by atoms with Gasteiger partial charge in [0, 0.05) is 5.69 Å². The zero-order chi connectivity index (χ0) is 14.8. The van der Waals surface area contributed by atoms with Crippen molar-refractivity contribution in [3.05, 3.63) is 18.2 Å². The van der Waals surface area contributed by atoms with Gasteiger partial charge in [0.25, 0.3) is 0 Å². The molecule has 2 atom stereocenters. The second kappa shape index (κ2) is 5.71. The number of nitrogens with zero attached hydrogens (tertiary/aromatic N) is 4. The molecule has 0 bridgehead atoms. The molecule has 1 aromatic heterocycles. The molecule has 2 aromatic rings. The third-order valence-corrected chi connectivity index (χ3v) is 4.25. The standard InChI is InChI=1S/C15H21N5O/c1-10-5-3-6-11(9-10)20-15(17-18-19-20)14-12(16)7-4-8-13(14)21-2/h4,7-8,10-11H,3,5-6,9,16H2,1-2H3. The number of anilines is 1. The lowest BCUT2D eigenvalue weighted by atomic mass is 9.87. The zero-order valence-corrected chi connectivity index (χ0v) is 12.5. The highest BCUT2D eigenvalue weighted by molar-refractivity contribution is 5.77. The summed E-state index contributed by atoms with van der Waals surface area (Å²) in [4.78, 5) is 0. The van der Waals surface area contributed by atoms with Crippen LogP contribution in [0.5, 0.6) is 5.75 Å². The zero-order valence-electron chi connectivity index (χ0n) is 12.5. The van der Waals surface area contributed by atoms with Gasteiger partial charge < -0.3 is 10.5 Å². The highest BCUT2D eigenvalue weighted by Crippen LogP contribution is 2.38. The van der Waals surface area contributed by atoms with E-state index < -0.39 is 0 Å². The maximum absolute atomic E-state index is 6.12. The largest absolute Gasteiger partial charge is 0.496 e. The van der Waals surface area contributed by atoms with Gasteiger partial charge in [0.1, 0.15) is 5.75 Å². The Morgan fingerprint density at radius 1 is 1.33 bits per heavy atom. The van der Waals surface area contributed by atoms with E-state index in [-0.39, 0.29) is 0 Å². The van der Waals surface area contributed by atoms with E-state index in [2.05, 4.69) is 22.4 Å². The van der Waals surface area contributed by atoms with Crippen LogP contribution in [0.2, 0.25) is 0 Å². The van der Waals surface area contributed by atoms with E-state index in [0.29, 0.717) is 29.2 Å². The maximum atomic E-state index is 6.12. The van der Waals surface area contributed by atoms with Gasteiger partial charge in [-0.3, -0.25) is 0 Å². The van der Waals surface area contributed by atoms with E-state index in [1.807, 2.05) is 22.9 Å². The summed E-state index contributed by atoms with van der Waals surface area (Å²) in [6, 6.07) is 5.94. The Morgan fingerprint density at radius 3 is 2.95 bits per heavy atom. The minimum absolute atomic E-state index is 0.336. The molecule has 0 amide bonds. The van der Waals surface area contributed by atoms with E-state index in [9.17, 15) is 0 Å². The van der Waals surface area contributed by atoms with E-state index in [1.165, 1.54) is 12.8 Å². The molecule has 112 valence electrons. The first-order valence-corrected chi connectivity index (χ1v) is 7.41. The average molecular weight is 287 g/mol. The third-order valence-electron chi connectivity index (χ3n) is 4.25. The van der Waals surface area contributed by atoms with Gasteiger partial charge in [0.05, 0.1) is 18.7 Å². The van der Waals surface area contributed by atoms with Crippen molar-refractivity contribution in [3.63, 3.8) is 0 Å². The third kappa shape index (κ3) is 2.57. The van der Waals surface area contributed by atoms with Crippen LogP contribution in [0.1, 0.15) is 38.6 Å². The van der Waals surface area contributed by atoms with E-state index in [4.69, 9.17) is 10.5 Å². The second-order valence-electron chi connectivity index (χ2n) is 5.80. The molecule has 2 unspecified atom stereocenters. The highest BCUT2D eigenvalue weighted by atomic mass is 16.5. The monoisotopic (exact) mass is 287 g/mol. The van der Waals surface area contributed by atoms with Gasteiger partial charge >= 0.3 is 0 Å². The first-order valence-electron chi connectivity index (χ1n) is 7.41. The molecule has 6 heteroatoms. The fraction of sp³-hybridized carbons (Fsp3) is 0.533. The molecule has 2 N–H and O–H groups in total. The number of nitrogens with two attached hydrogens (primary N) is 1. The molecule has 6 nitrogen and oxygen atoms in total. The van der Waals surface area contributed by atoms with E-state index in [0.717, 1.165) is 18.4 Å². The summed E-state index contributed by atoms with van der Waals surface area (Å²) in [6.07, 6.45) is 4.71. The minimum atomic E-state index is 0.336. The number of ether oxygens (including phenoxy) is 1. The molecule has 1 aliphatic rings. The number of nitrogen functional groups attached to an aromatic ring is 1. The Morgan fingerprint density at radius 2 is 2.19 bits per heavy atom. The molecule has 0 aliphatic heterocycles. The Labute approximate surface area is 124 Å². The molecular formula is C15H21N5O. The SMILES string of the molecule is COc1cccc(N)c1-c1nnnn1C1CCCC(C)C1. The second-order valence-corrected chi connectivity index (χ2v) is 5.80. The summed E-state index contributed by atoms with van der Waals surface area (Å²) in [6.45, 7) is 2.29. The molecule has 1 aromatic carbocycles. The summed E-state index contributed by atoms with van der Waals surface area (Å²) in [5, 5.41) is 12.3. The summed E-state index contributed by atoms with van der Waals surface area (Å²) in [7, 11) is 1.63. The number of methoxy groups -OCH3 is 1. The van der Waals surface area contributed by atoms with Crippen molar-refractivity contribution >= 4 is 5.69 Å². The van der Waals surface area contributed by atoms with Crippen molar-refractivity contribution in [1.82, 2.24) is 20.2 Å². The quantitative estimate of drug-likeness (QED) is 0.878. The van der Waals surface area contributed by atoms with Crippen LogP contribution >= 0.6 is 0 Å². The lowest BCUT2D eigenvalue weighted by molar-refractivity contribution is 0.265. The molecule has 1 aliphatic carbocycles. The van der Waals surface area contributed by atoms with Gasteiger partial charge in [-0.05, 0) is 41.3 Å². The van der Waals surface area contributed by atoms with Crippen molar-refractivity contribution in [2.75, 3.05) is 12.8 Å². The van der Waals surface area contributed by atoms with Crippen LogP contribution < -0.4 is 10.5 Å². The fourth-order valence-corrected chi connectivity index (χ4v) is 3.19. The van der Waals surface area contributed by atoms with Crippen molar-refractivity contribution in [2.24, 2.45) is 5.92 Å². The van der Waals surface area contributed by atoms with Crippen LogP contribution in [0.3, 0.4) is 0 Å². The summed E-state index contributed by atoms with van der Waals surface area (Å²) in [5.74, 6) is 2.11. The van der Waals surface area contributed by atoms with E-state index in [1.54, 1.807) is 7.11 Å². The van der Waals surface area contributed by atoms with Gasteiger partial charge in [-0.25, -0.2) is 4.68 Å². The molecule has 1 fully saturated rings. The Balaban J connectivity index is 2.03. The van der Waals surface area contributed by atoms with Crippen molar-refractivity contribution < 1.29 is 4.74 Å². The topological polar surface area (TPSA) is 78.8 Å². The van der Waals surface area contributed by atoms with Crippen molar-refractivity contribution in [3.8, 4) is 17.1 Å². The lowest BCUT2D eigenvalue weighted by Gasteiger charge is -2.27. The lowest BCUT2D eigenvalue weighted by Crippen LogP contribution is -2.20. The van der Waals surface area contributed by atoms with Crippen molar-refractivity contribution in [2.45, 2.75) is 38.6 Å². The molecule has 0 saturated heterocycles. The summed E-state index contributed by atoms with van der Waals surface area (Å²) < 4.78 is 7.35. The smallest absolute Gasteiger partial charge is 0.188 e. The minimum Gasteiger partial charge on any atom is -0.496 e. The number of benzene rings is 1. The summed E-state index contributed by atoms with van der Waals surface area (Å²) >= 11 is 0. The van der Waals surface area contributed by atoms with Crippen LogP contribution in [0, 0.1) is 5.92 Å². The van der Waals surface area contributed by atoms with Crippen molar-refractivity contribution in [1.29, 1.82) is 0 Å². The average Bonchev–Trinajstić information content (AvgIpc) is 2.96. The Bertz CT molecular complexity index is 624. The molecule has 0 spiro atoms. The number of rotatable bonds is 3. The Kier molecular flexibility index (Phi) is 3.77. The summed E-state index contributed by atoms with van der Waals surface area (Å²) in [5.41, 5.74) is 7.54. The predicted octanol–water partition coefficient (Wildman–Crippen LogP) is 2.68. The first-order chi connectivity index (χ1) is 10.2. The molecule has 21 heavy (non-hydrogen) atoms. The molecule has 3 rings (SSSR count). The number of hydrogen-bond donors (Lipinski definition) is 1. The normalized spacial score (nSPS) is 22.2.